The Hall–Kier alpha value is -1.19. The molecule has 0 aliphatic rings. The number of halogens is 4. The lowest BCUT2D eigenvalue weighted by atomic mass is 10.2. The highest BCUT2D eigenvalue weighted by Crippen LogP contribution is 2.33. The van der Waals surface area contributed by atoms with Gasteiger partial charge < -0.3 is 0 Å². The number of hydrogen-bond donors (Lipinski definition) is 0. The second kappa shape index (κ2) is 4.59. The normalized spacial score (nSPS) is 12.2. The van der Waals surface area contributed by atoms with Gasteiger partial charge in [0.25, 0.3) is 0 Å². The SMILES string of the molecule is C#CCS(=O)(=O)c1ccc(C(F)(F)F)cc1Cl. The van der Waals surface area contributed by atoms with E-state index in [0.717, 1.165) is 6.07 Å². The molecule has 1 aromatic carbocycles. The molecular weight excluding hydrogens is 277 g/mol. The van der Waals surface area contributed by atoms with Crippen molar-refractivity contribution < 1.29 is 21.6 Å². The molecule has 0 N–H and O–H groups in total. The molecule has 17 heavy (non-hydrogen) atoms. The first-order valence-corrected chi connectivity index (χ1v) is 6.24. The average Bonchev–Trinajstić information content (AvgIpc) is 2.15. The Labute approximate surface area is 101 Å². The van der Waals surface area contributed by atoms with E-state index >= 15 is 0 Å². The van der Waals surface area contributed by atoms with Gasteiger partial charge in [0.1, 0.15) is 5.75 Å². The van der Waals surface area contributed by atoms with Crippen molar-refractivity contribution in [3.63, 3.8) is 0 Å². The minimum atomic E-state index is -4.57. The minimum Gasteiger partial charge on any atom is -0.223 e. The van der Waals surface area contributed by atoms with Crippen LogP contribution in [-0.4, -0.2) is 14.2 Å². The molecule has 0 aliphatic heterocycles. The van der Waals surface area contributed by atoms with E-state index in [-0.39, 0.29) is 0 Å². The summed E-state index contributed by atoms with van der Waals surface area (Å²) in [5, 5.41) is -0.491. The summed E-state index contributed by atoms with van der Waals surface area (Å²) >= 11 is 5.51. The van der Waals surface area contributed by atoms with Gasteiger partial charge in [0.2, 0.25) is 0 Å². The highest BCUT2D eigenvalue weighted by atomic mass is 35.5. The summed E-state index contributed by atoms with van der Waals surface area (Å²) in [5.41, 5.74) is -1.01. The molecule has 0 amide bonds. The second-order valence-electron chi connectivity index (χ2n) is 3.11. The fraction of sp³-hybridized carbons (Fsp3) is 0.200. The van der Waals surface area contributed by atoms with E-state index < -0.39 is 37.2 Å². The summed E-state index contributed by atoms with van der Waals surface area (Å²) in [6, 6.07) is 2.01. The van der Waals surface area contributed by atoms with Gasteiger partial charge in [0.15, 0.2) is 9.84 Å². The van der Waals surface area contributed by atoms with Gasteiger partial charge in [-0.15, -0.1) is 6.42 Å². The van der Waals surface area contributed by atoms with Gasteiger partial charge in [-0.3, -0.25) is 0 Å². The number of rotatable bonds is 2. The summed E-state index contributed by atoms with van der Waals surface area (Å²) in [6.07, 6.45) is 0.278. The molecule has 1 rings (SSSR count). The fourth-order valence-corrected chi connectivity index (χ4v) is 2.66. The lowest BCUT2D eigenvalue weighted by molar-refractivity contribution is -0.137. The molecule has 0 saturated carbocycles. The van der Waals surface area contributed by atoms with Gasteiger partial charge >= 0.3 is 6.18 Å². The van der Waals surface area contributed by atoms with Crippen LogP contribution >= 0.6 is 11.6 Å². The van der Waals surface area contributed by atoms with Gasteiger partial charge in [-0.1, -0.05) is 17.5 Å². The number of hydrogen-bond acceptors (Lipinski definition) is 2. The molecule has 1 aromatic rings. The van der Waals surface area contributed by atoms with Crippen molar-refractivity contribution in [2.24, 2.45) is 0 Å². The van der Waals surface area contributed by atoms with Crippen molar-refractivity contribution in [1.82, 2.24) is 0 Å². The smallest absolute Gasteiger partial charge is 0.223 e. The summed E-state index contributed by atoms with van der Waals surface area (Å²) < 4.78 is 59.9. The third-order valence-corrected chi connectivity index (χ3v) is 3.87. The molecule has 0 aliphatic carbocycles. The van der Waals surface area contributed by atoms with E-state index in [1.807, 2.05) is 5.92 Å². The van der Waals surface area contributed by atoms with Crippen LogP contribution in [-0.2, 0) is 16.0 Å². The third-order valence-electron chi connectivity index (χ3n) is 1.87. The molecule has 0 atom stereocenters. The van der Waals surface area contributed by atoms with E-state index in [1.165, 1.54) is 0 Å². The van der Waals surface area contributed by atoms with Crippen molar-refractivity contribution in [2.75, 3.05) is 5.75 Å². The molecule has 0 unspecified atom stereocenters. The van der Waals surface area contributed by atoms with Crippen molar-refractivity contribution >= 4 is 21.4 Å². The Morgan fingerprint density at radius 3 is 2.35 bits per heavy atom. The second-order valence-corrected chi connectivity index (χ2v) is 5.47. The number of alkyl halides is 3. The molecule has 0 fully saturated rings. The largest absolute Gasteiger partial charge is 0.416 e. The van der Waals surface area contributed by atoms with Crippen LogP contribution in [0, 0.1) is 12.3 Å². The molecule has 0 saturated heterocycles. The van der Waals surface area contributed by atoms with E-state index in [4.69, 9.17) is 18.0 Å². The van der Waals surface area contributed by atoms with Crippen molar-refractivity contribution in [3.8, 4) is 12.3 Å². The molecule has 0 spiro atoms. The highest BCUT2D eigenvalue weighted by Gasteiger charge is 2.31. The van der Waals surface area contributed by atoms with Gasteiger partial charge in [-0.25, -0.2) is 8.42 Å². The maximum absolute atomic E-state index is 12.3. The number of benzene rings is 1. The molecule has 7 heteroatoms. The Morgan fingerprint density at radius 2 is 1.94 bits per heavy atom. The molecule has 0 radical (unpaired) electrons. The lowest BCUT2D eigenvalue weighted by Crippen LogP contribution is -2.09. The number of terminal acetylenes is 1. The predicted octanol–water partition coefficient (Wildman–Crippen LogP) is 2.77. The monoisotopic (exact) mass is 282 g/mol. The zero-order valence-corrected chi connectivity index (χ0v) is 9.83. The highest BCUT2D eigenvalue weighted by molar-refractivity contribution is 7.91. The first-order chi connectivity index (χ1) is 7.68. The fourth-order valence-electron chi connectivity index (χ4n) is 1.12. The zero-order chi connectivity index (χ0) is 13.3. The maximum atomic E-state index is 12.3. The van der Waals surface area contributed by atoms with Crippen LogP contribution in [0.3, 0.4) is 0 Å². The Morgan fingerprint density at radius 1 is 1.35 bits per heavy atom. The minimum absolute atomic E-state index is 0.398. The molecule has 0 heterocycles. The summed E-state index contributed by atoms with van der Waals surface area (Å²) in [4.78, 5) is -0.398. The van der Waals surface area contributed by atoms with Crippen LogP contribution in [0.2, 0.25) is 5.02 Å². The van der Waals surface area contributed by atoms with Crippen molar-refractivity contribution in [3.05, 3.63) is 28.8 Å². The maximum Gasteiger partial charge on any atom is 0.416 e. The zero-order valence-electron chi connectivity index (χ0n) is 8.25. The first-order valence-electron chi connectivity index (χ1n) is 4.21. The molecule has 92 valence electrons. The predicted molar refractivity (Wildman–Crippen MR) is 57.3 cm³/mol. The van der Waals surface area contributed by atoms with Crippen LogP contribution in [0.5, 0.6) is 0 Å². The van der Waals surface area contributed by atoms with E-state index in [1.54, 1.807) is 0 Å². The van der Waals surface area contributed by atoms with Gasteiger partial charge in [-0.05, 0) is 18.2 Å². The van der Waals surface area contributed by atoms with Crippen LogP contribution < -0.4 is 0 Å². The Balaban J connectivity index is 3.30. The first kappa shape index (κ1) is 13.9. The molecular formula is C10H6ClF3O2S. The summed E-state index contributed by atoms with van der Waals surface area (Å²) in [7, 11) is -3.84. The van der Waals surface area contributed by atoms with Gasteiger partial charge in [0.05, 0.1) is 15.5 Å². The van der Waals surface area contributed by atoms with Gasteiger partial charge in [-0.2, -0.15) is 13.2 Å². The van der Waals surface area contributed by atoms with Crippen molar-refractivity contribution in [1.29, 1.82) is 0 Å². The average molecular weight is 283 g/mol. The molecule has 0 bridgehead atoms. The van der Waals surface area contributed by atoms with Crippen molar-refractivity contribution in [2.45, 2.75) is 11.1 Å². The molecule has 2 nitrogen and oxygen atoms in total. The summed E-state index contributed by atoms with van der Waals surface area (Å²) in [6.45, 7) is 0. The Bertz CT molecular complexity index is 570. The summed E-state index contributed by atoms with van der Waals surface area (Å²) in [5.74, 6) is 1.30. The van der Waals surface area contributed by atoms with Crippen LogP contribution in [0.1, 0.15) is 5.56 Å². The topological polar surface area (TPSA) is 34.1 Å². The van der Waals surface area contributed by atoms with Gasteiger partial charge in [0, 0.05) is 0 Å². The number of sulfone groups is 1. The lowest BCUT2D eigenvalue weighted by Gasteiger charge is -2.09. The van der Waals surface area contributed by atoms with Crippen LogP contribution in [0.4, 0.5) is 13.2 Å². The van der Waals surface area contributed by atoms with E-state index in [9.17, 15) is 21.6 Å². The third kappa shape index (κ3) is 3.14. The van der Waals surface area contributed by atoms with E-state index in [0.29, 0.717) is 12.1 Å². The van der Waals surface area contributed by atoms with Crippen LogP contribution in [0.15, 0.2) is 23.1 Å². The van der Waals surface area contributed by atoms with Crippen LogP contribution in [0.25, 0.3) is 0 Å². The standard InChI is InChI=1S/C10H6ClF3O2S/c1-2-5-17(15,16)9-4-3-7(6-8(9)11)10(12,13)14/h1,3-4,6H,5H2. The Kier molecular flexibility index (Phi) is 3.74. The van der Waals surface area contributed by atoms with E-state index in [2.05, 4.69) is 0 Å². The molecule has 0 aromatic heterocycles. The quantitative estimate of drug-likeness (QED) is 0.782.